The number of carbonyl (C=O) groups excluding carboxylic acids is 2. The van der Waals surface area contributed by atoms with Gasteiger partial charge in [0.2, 0.25) is 5.91 Å². The lowest BCUT2D eigenvalue weighted by Gasteiger charge is -2.07. The number of nitrogens with one attached hydrogen (secondary N) is 3. The Morgan fingerprint density at radius 1 is 1.04 bits per heavy atom. The number of anilines is 2. The fourth-order valence-corrected chi connectivity index (χ4v) is 2.41. The summed E-state index contributed by atoms with van der Waals surface area (Å²) in [4.78, 5) is 23.5. The monoisotopic (exact) mass is 437 g/mol. The molecule has 1 aliphatic rings. The largest absolute Gasteiger partial charge is 0.451 e. The van der Waals surface area contributed by atoms with Crippen molar-refractivity contribution in [2.45, 2.75) is 18.9 Å². The van der Waals surface area contributed by atoms with Crippen LogP contribution in [0.5, 0.6) is 0 Å². The van der Waals surface area contributed by atoms with Gasteiger partial charge in [-0.25, -0.2) is 4.79 Å². The molecule has 7 heteroatoms. The minimum absolute atomic E-state index is 0.203. The van der Waals surface area contributed by atoms with Crippen LogP contribution < -0.4 is 16.0 Å². The van der Waals surface area contributed by atoms with Gasteiger partial charge >= 0.3 is 6.03 Å². The van der Waals surface area contributed by atoms with Gasteiger partial charge in [-0.2, -0.15) is 0 Å². The molecule has 3 rings (SSSR count). The molecule has 3 N–H and O–H groups in total. The van der Waals surface area contributed by atoms with E-state index in [0.29, 0.717) is 23.2 Å². The number of urea groups is 1. The maximum atomic E-state index is 11.9. The Morgan fingerprint density at radius 3 is 2.29 bits per heavy atom. The molecule has 1 heterocycles. The number of furan rings is 1. The Morgan fingerprint density at radius 2 is 1.71 bits per heavy atom. The maximum absolute atomic E-state index is 11.9. The predicted octanol–water partition coefficient (Wildman–Crippen LogP) is 3.82. The van der Waals surface area contributed by atoms with Crippen LogP contribution in [0.15, 0.2) is 46.9 Å². The van der Waals surface area contributed by atoms with Gasteiger partial charge in [0.1, 0.15) is 5.76 Å². The van der Waals surface area contributed by atoms with Crippen molar-refractivity contribution in [1.82, 2.24) is 5.32 Å². The molecule has 1 aromatic heterocycles. The fraction of sp³-hybridized carbons (Fsp3) is 0.176. The maximum Gasteiger partial charge on any atom is 0.319 e. The lowest BCUT2D eigenvalue weighted by atomic mass is 10.2. The Balaban J connectivity index is 1.50. The standard InChI is InChI=1S/C17H16IN3O3/c18-15-9-7-14(24-15)8-10-16(22)19-11-1-3-12(4-2-11)20-17(23)21-13-5-6-13/h1-4,7-10,13H,5-6H2,(H,19,22)(H2,20,21,23)/b10-8+. The molecule has 1 aromatic carbocycles. The number of benzene rings is 1. The van der Waals surface area contributed by atoms with Crippen molar-refractivity contribution in [2.75, 3.05) is 10.6 Å². The second-order valence-electron chi connectivity index (χ2n) is 5.41. The molecule has 0 saturated heterocycles. The molecule has 1 saturated carbocycles. The van der Waals surface area contributed by atoms with Crippen LogP contribution in [0.2, 0.25) is 0 Å². The van der Waals surface area contributed by atoms with E-state index in [4.69, 9.17) is 4.42 Å². The zero-order chi connectivity index (χ0) is 16.9. The van der Waals surface area contributed by atoms with Crippen LogP contribution in [-0.2, 0) is 4.79 Å². The summed E-state index contributed by atoms with van der Waals surface area (Å²) in [6.07, 6.45) is 5.10. The Hall–Kier alpha value is -2.29. The van der Waals surface area contributed by atoms with Gasteiger partial charge in [0.15, 0.2) is 3.77 Å². The van der Waals surface area contributed by atoms with E-state index < -0.39 is 0 Å². The summed E-state index contributed by atoms with van der Waals surface area (Å²) in [6.45, 7) is 0. The zero-order valence-corrected chi connectivity index (χ0v) is 14.9. The quantitative estimate of drug-likeness (QED) is 0.492. The van der Waals surface area contributed by atoms with Crippen LogP contribution in [0.4, 0.5) is 16.2 Å². The zero-order valence-electron chi connectivity index (χ0n) is 12.7. The van der Waals surface area contributed by atoms with Crippen molar-refractivity contribution < 1.29 is 14.0 Å². The normalized spacial score (nSPS) is 13.7. The van der Waals surface area contributed by atoms with Gasteiger partial charge in [0.25, 0.3) is 0 Å². The molecule has 3 amide bonds. The minimum atomic E-state index is -0.256. The van der Waals surface area contributed by atoms with Crippen molar-refractivity contribution in [3.05, 3.63) is 52.0 Å². The Bertz CT molecular complexity index is 764. The summed E-state index contributed by atoms with van der Waals surface area (Å²) in [7, 11) is 0. The van der Waals surface area contributed by atoms with Gasteiger partial charge in [-0.3, -0.25) is 4.79 Å². The van der Waals surface area contributed by atoms with E-state index >= 15 is 0 Å². The first kappa shape index (κ1) is 16.6. The molecule has 0 radical (unpaired) electrons. The van der Waals surface area contributed by atoms with Gasteiger partial charge in [-0.1, -0.05) is 0 Å². The summed E-state index contributed by atoms with van der Waals surface area (Å²) in [6, 6.07) is 10.7. The van der Waals surface area contributed by atoms with Crippen molar-refractivity contribution >= 4 is 52.0 Å². The molecule has 2 aromatic rings. The number of hydrogen-bond acceptors (Lipinski definition) is 3. The molecule has 0 aliphatic heterocycles. The topological polar surface area (TPSA) is 83.4 Å². The molecule has 1 fully saturated rings. The third kappa shape index (κ3) is 5.12. The molecule has 0 atom stereocenters. The van der Waals surface area contributed by atoms with E-state index in [9.17, 15) is 9.59 Å². The highest BCUT2D eigenvalue weighted by molar-refractivity contribution is 14.1. The number of rotatable bonds is 5. The number of amides is 3. The molecule has 24 heavy (non-hydrogen) atoms. The Labute approximate surface area is 152 Å². The first-order valence-corrected chi connectivity index (χ1v) is 8.58. The molecule has 124 valence electrons. The van der Waals surface area contributed by atoms with Crippen molar-refractivity contribution in [1.29, 1.82) is 0 Å². The van der Waals surface area contributed by atoms with E-state index in [-0.39, 0.29) is 11.9 Å². The molecule has 6 nitrogen and oxygen atoms in total. The molecule has 0 spiro atoms. The van der Waals surface area contributed by atoms with E-state index in [1.165, 1.54) is 6.08 Å². The summed E-state index contributed by atoms with van der Waals surface area (Å²) in [5, 5.41) is 8.34. The lowest BCUT2D eigenvalue weighted by molar-refractivity contribution is -0.111. The fourth-order valence-electron chi connectivity index (χ4n) is 1.98. The van der Waals surface area contributed by atoms with Gasteiger partial charge in [-0.15, -0.1) is 0 Å². The summed E-state index contributed by atoms with van der Waals surface area (Å²) in [5.74, 6) is 0.365. The summed E-state index contributed by atoms with van der Waals surface area (Å²) in [5.41, 5.74) is 1.32. The van der Waals surface area contributed by atoms with Gasteiger partial charge < -0.3 is 20.4 Å². The van der Waals surface area contributed by atoms with E-state index in [1.54, 1.807) is 36.4 Å². The molecule has 0 bridgehead atoms. The summed E-state index contributed by atoms with van der Waals surface area (Å²) < 4.78 is 6.11. The Kier molecular flexibility index (Phi) is 5.19. The van der Waals surface area contributed by atoms with Crippen LogP contribution in [-0.4, -0.2) is 18.0 Å². The van der Waals surface area contributed by atoms with Crippen molar-refractivity contribution in [3.63, 3.8) is 0 Å². The molecular weight excluding hydrogens is 421 g/mol. The van der Waals surface area contributed by atoms with Crippen molar-refractivity contribution in [2.24, 2.45) is 0 Å². The highest BCUT2D eigenvalue weighted by Crippen LogP contribution is 2.19. The second kappa shape index (κ2) is 7.52. The van der Waals surface area contributed by atoms with Gasteiger partial charge in [0, 0.05) is 23.5 Å². The predicted molar refractivity (Wildman–Crippen MR) is 101 cm³/mol. The van der Waals surface area contributed by atoms with Crippen LogP contribution in [0.3, 0.4) is 0 Å². The SMILES string of the molecule is O=C(/C=C/c1ccc(I)o1)Nc1ccc(NC(=O)NC2CC2)cc1. The average molecular weight is 437 g/mol. The number of halogens is 1. The third-order valence-electron chi connectivity index (χ3n) is 3.32. The number of hydrogen-bond donors (Lipinski definition) is 3. The van der Waals surface area contributed by atoms with E-state index in [1.807, 2.05) is 6.07 Å². The highest BCUT2D eigenvalue weighted by atomic mass is 127. The molecule has 0 unspecified atom stereocenters. The number of carbonyl (C=O) groups is 2. The molecular formula is C17H16IN3O3. The first-order valence-electron chi connectivity index (χ1n) is 7.50. The van der Waals surface area contributed by atoms with Crippen molar-refractivity contribution in [3.8, 4) is 0 Å². The van der Waals surface area contributed by atoms with Crippen LogP contribution in [0.1, 0.15) is 18.6 Å². The highest BCUT2D eigenvalue weighted by Gasteiger charge is 2.23. The van der Waals surface area contributed by atoms with Crippen LogP contribution in [0.25, 0.3) is 6.08 Å². The third-order valence-corrected chi connectivity index (χ3v) is 3.90. The van der Waals surface area contributed by atoms with E-state index in [0.717, 1.165) is 16.6 Å². The van der Waals surface area contributed by atoms with E-state index in [2.05, 4.69) is 38.5 Å². The lowest BCUT2D eigenvalue weighted by Crippen LogP contribution is -2.30. The average Bonchev–Trinajstić information content (AvgIpc) is 3.26. The van der Waals surface area contributed by atoms with Gasteiger partial charge in [-0.05, 0) is 77.9 Å². The van der Waals surface area contributed by atoms with Crippen LogP contribution in [0, 0.1) is 3.77 Å². The second-order valence-corrected chi connectivity index (χ2v) is 6.48. The first-order chi connectivity index (χ1) is 11.6. The smallest absolute Gasteiger partial charge is 0.319 e. The summed E-state index contributed by atoms with van der Waals surface area (Å²) >= 11 is 2.06. The van der Waals surface area contributed by atoms with Gasteiger partial charge in [0.05, 0.1) is 0 Å². The minimum Gasteiger partial charge on any atom is -0.451 e. The van der Waals surface area contributed by atoms with Crippen LogP contribution >= 0.6 is 22.6 Å². The molecule has 1 aliphatic carbocycles.